The van der Waals surface area contributed by atoms with Crippen molar-refractivity contribution in [2.75, 3.05) is 32.8 Å². The van der Waals surface area contributed by atoms with E-state index in [4.69, 9.17) is 9.15 Å². The molecule has 152 valence electrons. The van der Waals surface area contributed by atoms with Crippen molar-refractivity contribution in [3.63, 3.8) is 0 Å². The molecule has 0 radical (unpaired) electrons. The molecule has 8 heteroatoms. The Kier molecular flexibility index (Phi) is 6.41. The van der Waals surface area contributed by atoms with Gasteiger partial charge in [-0.3, -0.25) is 9.69 Å². The summed E-state index contributed by atoms with van der Waals surface area (Å²) in [7, 11) is 0. The molecule has 1 saturated heterocycles. The molecule has 0 bridgehead atoms. The topological polar surface area (TPSA) is 67.6 Å². The van der Waals surface area contributed by atoms with Crippen LogP contribution < -0.4 is 5.32 Å². The van der Waals surface area contributed by atoms with E-state index in [2.05, 4.69) is 29.0 Å². The van der Waals surface area contributed by atoms with Crippen molar-refractivity contribution in [2.24, 2.45) is 0 Å². The molecule has 6 nitrogen and oxygen atoms in total. The van der Waals surface area contributed by atoms with Gasteiger partial charge in [0.05, 0.1) is 25.0 Å². The number of nitrogens with one attached hydrogen (secondary N) is 1. The molecule has 2 aromatic rings. The summed E-state index contributed by atoms with van der Waals surface area (Å²) in [5, 5.41) is 2.95. The number of hydrogen-bond donors (Lipinski definition) is 1. The number of morpholine rings is 1. The highest BCUT2D eigenvalue weighted by atomic mass is 19.1. The molecule has 1 aromatic heterocycles. The van der Waals surface area contributed by atoms with Crippen LogP contribution in [0.1, 0.15) is 26.2 Å². The summed E-state index contributed by atoms with van der Waals surface area (Å²) in [4.78, 5) is 18.6. The monoisotopic (exact) mass is 393 g/mol. The molecule has 0 unspecified atom stereocenters. The third-order valence-corrected chi connectivity index (χ3v) is 4.90. The minimum Gasteiger partial charge on any atom is -0.441 e. The molecule has 1 aromatic carbocycles. The maximum Gasteiger partial charge on any atom is 0.220 e. The van der Waals surface area contributed by atoms with Crippen molar-refractivity contribution >= 4 is 5.91 Å². The molecular weight excluding hydrogens is 368 g/mol. The number of aromatic nitrogens is 1. The van der Waals surface area contributed by atoms with Gasteiger partial charge in [0.2, 0.25) is 5.91 Å². The standard InChI is InChI=1S/C20H25F2N3O3/c1-20(2,25-7-9-27-10-8-25)13-24-18(26)5-6-19-23-12-17(28-19)15-4-3-14(21)11-16(15)22/h3-4,11-12H,5-10,13H2,1-2H3,(H,24,26). The molecule has 1 N–H and O–H groups in total. The number of rotatable bonds is 7. The summed E-state index contributed by atoms with van der Waals surface area (Å²) in [6, 6.07) is 3.25. The largest absolute Gasteiger partial charge is 0.441 e. The fourth-order valence-corrected chi connectivity index (χ4v) is 3.14. The smallest absolute Gasteiger partial charge is 0.220 e. The van der Waals surface area contributed by atoms with E-state index in [0.29, 0.717) is 32.1 Å². The first kappa shape index (κ1) is 20.4. The van der Waals surface area contributed by atoms with Gasteiger partial charge in [-0.1, -0.05) is 0 Å². The highest BCUT2D eigenvalue weighted by molar-refractivity contribution is 5.76. The molecule has 1 aliphatic heterocycles. The van der Waals surface area contributed by atoms with Crippen molar-refractivity contribution in [3.8, 4) is 11.3 Å². The highest BCUT2D eigenvalue weighted by Gasteiger charge is 2.28. The lowest BCUT2D eigenvalue weighted by Crippen LogP contribution is -2.55. The average Bonchev–Trinajstić information content (AvgIpc) is 3.14. The summed E-state index contributed by atoms with van der Waals surface area (Å²) in [6.45, 7) is 7.83. The van der Waals surface area contributed by atoms with Crippen molar-refractivity contribution < 1.29 is 22.7 Å². The van der Waals surface area contributed by atoms with Crippen molar-refractivity contribution in [2.45, 2.75) is 32.2 Å². The van der Waals surface area contributed by atoms with Crippen LogP contribution in [-0.2, 0) is 16.0 Å². The molecule has 1 fully saturated rings. The van der Waals surface area contributed by atoms with Crippen LogP contribution in [0.4, 0.5) is 8.78 Å². The first-order valence-corrected chi connectivity index (χ1v) is 9.35. The lowest BCUT2D eigenvalue weighted by Gasteiger charge is -2.40. The van der Waals surface area contributed by atoms with Crippen LogP contribution >= 0.6 is 0 Å². The van der Waals surface area contributed by atoms with Gasteiger partial charge in [0.25, 0.3) is 0 Å². The van der Waals surface area contributed by atoms with E-state index < -0.39 is 11.6 Å². The van der Waals surface area contributed by atoms with E-state index in [0.717, 1.165) is 25.2 Å². The lowest BCUT2D eigenvalue weighted by atomic mass is 10.0. The van der Waals surface area contributed by atoms with Gasteiger partial charge < -0.3 is 14.5 Å². The molecular formula is C20H25F2N3O3. The molecule has 0 aliphatic carbocycles. The Bertz CT molecular complexity index is 817. The van der Waals surface area contributed by atoms with Crippen LogP contribution in [0.5, 0.6) is 0 Å². The van der Waals surface area contributed by atoms with Crippen LogP contribution in [-0.4, -0.2) is 54.2 Å². The Labute approximate surface area is 162 Å². The summed E-state index contributed by atoms with van der Waals surface area (Å²) < 4.78 is 37.7. The number of halogens is 2. The Morgan fingerprint density at radius 1 is 1.29 bits per heavy atom. The zero-order chi connectivity index (χ0) is 20.1. The van der Waals surface area contributed by atoms with E-state index in [-0.39, 0.29) is 29.2 Å². The average molecular weight is 393 g/mol. The van der Waals surface area contributed by atoms with Crippen molar-refractivity contribution in [1.82, 2.24) is 15.2 Å². The quantitative estimate of drug-likeness (QED) is 0.784. The number of nitrogens with zero attached hydrogens (tertiary/aromatic N) is 2. The molecule has 0 spiro atoms. The third kappa shape index (κ3) is 5.14. The van der Waals surface area contributed by atoms with E-state index in [9.17, 15) is 13.6 Å². The minimum absolute atomic E-state index is 0.103. The molecule has 2 heterocycles. The first-order chi connectivity index (χ1) is 13.3. The number of benzene rings is 1. The number of amides is 1. The molecule has 0 atom stereocenters. The van der Waals surface area contributed by atoms with Gasteiger partial charge in [-0.15, -0.1) is 0 Å². The van der Waals surface area contributed by atoms with Gasteiger partial charge in [-0.05, 0) is 26.0 Å². The fraction of sp³-hybridized carbons (Fsp3) is 0.500. The van der Waals surface area contributed by atoms with Gasteiger partial charge in [0, 0.05) is 44.1 Å². The number of oxazole rings is 1. The predicted octanol–water partition coefficient (Wildman–Crippen LogP) is 2.78. The van der Waals surface area contributed by atoms with Crippen molar-refractivity contribution in [3.05, 3.63) is 41.9 Å². The van der Waals surface area contributed by atoms with Gasteiger partial charge in [-0.2, -0.15) is 0 Å². The maximum absolute atomic E-state index is 13.8. The van der Waals surface area contributed by atoms with E-state index in [1.54, 1.807) is 0 Å². The Morgan fingerprint density at radius 3 is 2.75 bits per heavy atom. The summed E-state index contributed by atoms with van der Waals surface area (Å²) >= 11 is 0. The second-order valence-corrected chi connectivity index (χ2v) is 7.43. The highest BCUT2D eigenvalue weighted by Crippen LogP contribution is 2.24. The van der Waals surface area contributed by atoms with Gasteiger partial charge in [-0.25, -0.2) is 13.8 Å². The van der Waals surface area contributed by atoms with Crippen LogP contribution in [0.25, 0.3) is 11.3 Å². The Morgan fingerprint density at radius 2 is 2.04 bits per heavy atom. The number of carbonyl (C=O) groups is 1. The van der Waals surface area contributed by atoms with Gasteiger partial charge >= 0.3 is 0 Å². The van der Waals surface area contributed by atoms with Crippen molar-refractivity contribution in [1.29, 1.82) is 0 Å². The van der Waals surface area contributed by atoms with Gasteiger partial charge in [0.1, 0.15) is 11.6 Å². The molecule has 1 aliphatic rings. The predicted molar refractivity (Wildman–Crippen MR) is 99.7 cm³/mol. The van der Waals surface area contributed by atoms with Gasteiger partial charge in [0.15, 0.2) is 11.7 Å². The van der Waals surface area contributed by atoms with Crippen LogP contribution in [0.15, 0.2) is 28.8 Å². The lowest BCUT2D eigenvalue weighted by molar-refractivity contribution is -0.121. The molecule has 3 rings (SSSR count). The number of aryl methyl sites for hydroxylation is 1. The number of hydrogen-bond acceptors (Lipinski definition) is 5. The van der Waals surface area contributed by atoms with Crippen LogP contribution in [0.3, 0.4) is 0 Å². The normalized spacial score (nSPS) is 15.6. The summed E-state index contributed by atoms with van der Waals surface area (Å²) in [5.41, 5.74) is -0.0211. The Hall–Kier alpha value is -2.32. The Balaban J connectivity index is 1.49. The zero-order valence-corrected chi connectivity index (χ0v) is 16.1. The molecule has 0 saturated carbocycles. The molecule has 28 heavy (non-hydrogen) atoms. The maximum atomic E-state index is 13.8. The molecule has 1 amide bonds. The number of carbonyl (C=O) groups excluding carboxylic acids is 1. The SMILES string of the molecule is CC(C)(CNC(=O)CCc1ncc(-c2ccc(F)cc2F)o1)N1CCOCC1. The third-order valence-electron chi connectivity index (χ3n) is 4.90. The minimum atomic E-state index is -0.717. The van der Waals surface area contributed by atoms with E-state index >= 15 is 0 Å². The zero-order valence-electron chi connectivity index (χ0n) is 16.1. The van der Waals surface area contributed by atoms with Crippen LogP contribution in [0.2, 0.25) is 0 Å². The van der Waals surface area contributed by atoms with E-state index in [1.807, 2.05) is 0 Å². The summed E-state index contributed by atoms with van der Waals surface area (Å²) in [6.07, 6.45) is 1.89. The number of ether oxygens (including phenoxy) is 1. The first-order valence-electron chi connectivity index (χ1n) is 9.35. The van der Waals surface area contributed by atoms with Crippen LogP contribution in [0, 0.1) is 11.6 Å². The fourth-order valence-electron chi connectivity index (χ4n) is 3.14. The summed E-state index contributed by atoms with van der Waals surface area (Å²) in [5.74, 6) is -0.930. The van der Waals surface area contributed by atoms with E-state index in [1.165, 1.54) is 12.3 Å². The second kappa shape index (κ2) is 8.79. The second-order valence-electron chi connectivity index (χ2n) is 7.43.